The molecule has 0 unspecified atom stereocenters. The van der Waals surface area contributed by atoms with Crippen molar-refractivity contribution in [1.29, 1.82) is 0 Å². The lowest BCUT2D eigenvalue weighted by Crippen LogP contribution is -2.04. The van der Waals surface area contributed by atoms with Gasteiger partial charge >= 0.3 is 0 Å². The molecular formula is C19H21N3. The van der Waals surface area contributed by atoms with Gasteiger partial charge in [-0.1, -0.05) is 36.4 Å². The molecule has 0 aliphatic heterocycles. The Bertz CT molecular complexity index is 773. The fraction of sp³-hybridized carbons (Fsp3) is 0.211. The van der Waals surface area contributed by atoms with Crippen molar-refractivity contribution >= 4 is 0 Å². The topological polar surface area (TPSA) is 43.8 Å². The van der Waals surface area contributed by atoms with Crippen molar-refractivity contribution in [3.63, 3.8) is 0 Å². The van der Waals surface area contributed by atoms with E-state index in [0.717, 1.165) is 29.1 Å². The Balaban J connectivity index is 2.14. The van der Waals surface area contributed by atoms with Crippen molar-refractivity contribution in [3.05, 3.63) is 71.4 Å². The quantitative estimate of drug-likeness (QED) is 0.797. The highest BCUT2D eigenvalue weighted by atomic mass is 15.3. The van der Waals surface area contributed by atoms with Gasteiger partial charge in [0.1, 0.15) is 0 Å². The predicted octanol–water partition coefficient (Wildman–Crippen LogP) is 3.66. The second kappa shape index (κ2) is 6.16. The Labute approximate surface area is 131 Å². The minimum absolute atomic E-state index is 0.609. The largest absolute Gasteiger partial charge is 0.330 e. The van der Waals surface area contributed by atoms with Gasteiger partial charge in [0, 0.05) is 12.0 Å². The molecule has 2 N–H and O–H groups in total. The van der Waals surface area contributed by atoms with E-state index >= 15 is 0 Å². The van der Waals surface area contributed by atoms with Gasteiger partial charge in [0.25, 0.3) is 0 Å². The number of hydrogen-bond donors (Lipinski definition) is 1. The Hall–Kier alpha value is -2.39. The van der Waals surface area contributed by atoms with Gasteiger partial charge in [-0.15, -0.1) is 0 Å². The van der Waals surface area contributed by atoms with Crippen LogP contribution in [0.2, 0.25) is 0 Å². The monoisotopic (exact) mass is 291 g/mol. The summed E-state index contributed by atoms with van der Waals surface area (Å²) in [4.78, 5) is 0. The van der Waals surface area contributed by atoms with Crippen molar-refractivity contribution < 1.29 is 0 Å². The summed E-state index contributed by atoms with van der Waals surface area (Å²) in [5, 5.41) is 4.75. The molecule has 0 aliphatic rings. The SMILES string of the molecule is Cc1ccc(-n2nc(CCN)cc2-c2ccccc2)cc1C. The third-order valence-corrected chi connectivity index (χ3v) is 3.97. The molecule has 3 rings (SSSR count). The lowest BCUT2D eigenvalue weighted by Gasteiger charge is -2.09. The average Bonchev–Trinajstić information content (AvgIpc) is 2.95. The normalized spacial score (nSPS) is 10.9. The highest BCUT2D eigenvalue weighted by Gasteiger charge is 2.11. The minimum Gasteiger partial charge on any atom is -0.330 e. The van der Waals surface area contributed by atoms with Crippen LogP contribution in [0.4, 0.5) is 0 Å². The number of hydrogen-bond acceptors (Lipinski definition) is 2. The first-order chi connectivity index (χ1) is 10.7. The molecule has 0 saturated carbocycles. The summed E-state index contributed by atoms with van der Waals surface area (Å²) >= 11 is 0. The van der Waals surface area contributed by atoms with Gasteiger partial charge in [0.2, 0.25) is 0 Å². The van der Waals surface area contributed by atoms with Crippen LogP contribution in [0.3, 0.4) is 0 Å². The number of nitrogens with zero attached hydrogens (tertiary/aromatic N) is 2. The van der Waals surface area contributed by atoms with E-state index in [4.69, 9.17) is 10.8 Å². The highest BCUT2D eigenvalue weighted by Crippen LogP contribution is 2.25. The Morgan fingerprint density at radius 2 is 1.73 bits per heavy atom. The van der Waals surface area contributed by atoms with Gasteiger partial charge in [-0.2, -0.15) is 5.10 Å². The summed E-state index contributed by atoms with van der Waals surface area (Å²) in [5.74, 6) is 0. The molecule has 0 fully saturated rings. The first-order valence-electron chi connectivity index (χ1n) is 7.61. The van der Waals surface area contributed by atoms with Gasteiger partial charge < -0.3 is 5.73 Å². The molecule has 1 aromatic heterocycles. The lowest BCUT2D eigenvalue weighted by molar-refractivity contribution is 0.825. The van der Waals surface area contributed by atoms with Gasteiger partial charge in [0.05, 0.1) is 17.1 Å². The van der Waals surface area contributed by atoms with Crippen molar-refractivity contribution in [2.75, 3.05) is 6.54 Å². The van der Waals surface area contributed by atoms with Crippen molar-refractivity contribution in [3.8, 4) is 16.9 Å². The maximum atomic E-state index is 5.69. The number of aryl methyl sites for hydroxylation is 2. The van der Waals surface area contributed by atoms with E-state index in [1.807, 2.05) is 10.7 Å². The summed E-state index contributed by atoms with van der Waals surface area (Å²) < 4.78 is 2.02. The molecule has 22 heavy (non-hydrogen) atoms. The molecule has 0 aliphatic carbocycles. The molecule has 1 heterocycles. The number of aromatic nitrogens is 2. The van der Waals surface area contributed by atoms with Crippen LogP contribution < -0.4 is 5.73 Å². The molecule has 2 aromatic carbocycles. The van der Waals surface area contributed by atoms with E-state index in [1.54, 1.807) is 0 Å². The Morgan fingerprint density at radius 1 is 0.955 bits per heavy atom. The summed E-state index contributed by atoms with van der Waals surface area (Å²) in [6, 6.07) is 18.9. The molecule has 112 valence electrons. The number of rotatable bonds is 4. The minimum atomic E-state index is 0.609. The molecule has 0 radical (unpaired) electrons. The first-order valence-corrected chi connectivity index (χ1v) is 7.61. The van der Waals surface area contributed by atoms with Crippen molar-refractivity contribution in [2.24, 2.45) is 5.73 Å². The van der Waals surface area contributed by atoms with Crippen LogP contribution in [0.5, 0.6) is 0 Å². The van der Waals surface area contributed by atoms with Gasteiger partial charge in [-0.05, 0) is 49.7 Å². The van der Waals surface area contributed by atoms with Gasteiger partial charge in [-0.25, -0.2) is 4.68 Å². The zero-order chi connectivity index (χ0) is 15.5. The van der Waals surface area contributed by atoms with Crippen LogP contribution in [0, 0.1) is 13.8 Å². The average molecular weight is 291 g/mol. The third-order valence-electron chi connectivity index (χ3n) is 3.97. The molecule has 3 aromatic rings. The van der Waals surface area contributed by atoms with Gasteiger partial charge in [-0.3, -0.25) is 0 Å². The maximum Gasteiger partial charge on any atom is 0.0743 e. The van der Waals surface area contributed by atoms with Crippen LogP contribution in [0.25, 0.3) is 16.9 Å². The summed E-state index contributed by atoms with van der Waals surface area (Å²) in [5.41, 5.74) is 12.6. The van der Waals surface area contributed by atoms with Crippen LogP contribution in [0.1, 0.15) is 16.8 Å². The van der Waals surface area contributed by atoms with E-state index in [9.17, 15) is 0 Å². The van der Waals surface area contributed by atoms with Crippen LogP contribution in [0.15, 0.2) is 54.6 Å². The number of benzene rings is 2. The molecule has 3 nitrogen and oxygen atoms in total. The zero-order valence-electron chi connectivity index (χ0n) is 13.1. The van der Waals surface area contributed by atoms with E-state index in [0.29, 0.717) is 6.54 Å². The number of nitrogens with two attached hydrogens (primary N) is 1. The second-order valence-electron chi connectivity index (χ2n) is 5.61. The van der Waals surface area contributed by atoms with Crippen LogP contribution >= 0.6 is 0 Å². The highest BCUT2D eigenvalue weighted by molar-refractivity contribution is 5.63. The zero-order valence-corrected chi connectivity index (χ0v) is 13.1. The summed E-state index contributed by atoms with van der Waals surface area (Å²) in [7, 11) is 0. The summed E-state index contributed by atoms with van der Waals surface area (Å²) in [6.07, 6.45) is 0.789. The molecule has 0 spiro atoms. The van der Waals surface area contributed by atoms with Crippen LogP contribution in [-0.2, 0) is 6.42 Å². The fourth-order valence-corrected chi connectivity index (χ4v) is 2.57. The fourth-order valence-electron chi connectivity index (χ4n) is 2.57. The Kier molecular flexibility index (Phi) is 4.07. The molecule has 0 bridgehead atoms. The standard InChI is InChI=1S/C19H21N3/c1-14-8-9-18(12-15(14)2)22-19(13-17(21-22)10-11-20)16-6-4-3-5-7-16/h3-9,12-13H,10-11,20H2,1-2H3. The molecule has 0 amide bonds. The predicted molar refractivity (Wildman–Crippen MR) is 91.2 cm³/mol. The molecule has 0 saturated heterocycles. The molecule has 3 heteroatoms. The third kappa shape index (κ3) is 2.81. The second-order valence-corrected chi connectivity index (χ2v) is 5.61. The molecule has 0 atom stereocenters. The first kappa shape index (κ1) is 14.5. The van der Waals surface area contributed by atoms with Gasteiger partial charge in [0.15, 0.2) is 0 Å². The smallest absolute Gasteiger partial charge is 0.0743 e. The Morgan fingerprint density at radius 3 is 2.41 bits per heavy atom. The molecular weight excluding hydrogens is 270 g/mol. The van der Waals surface area contributed by atoms with E-state index < -0.39 is 0 Å². The van der Waals surface area contributed by atoms with Crippen molar-refractivity contribution in [1.82, 2.24) is 9.78 Å². The summed E-state index contributed by atoms with van der Waals surface area (Å²) in [6.45, 7) is 4.86. The van der Waals surface area contributed by atoms with E-state index in [1.165, 1.54) is 11.1 Å². The van der Waals surface area contributed by atoms with Crippen LogP contribution in [-0.4, -0.2) is 16.3 Å². The lowest BCUT2D eigenvalue weighted by atomic mass is 10.1. The van der Waals surface area contributed by atoms with E-state index in [2.05, 4.69) is 62.4 Å². The maximum absolute atomic E-state index is 5.69. The van der Waals surface area contributed by atoms with E-state index in [-0.39, 0.29) is 0 Å². The van der Waals surface area contributed by atoms with Crippen molar-refractivity contribution in [2.45, 2.75) is 20.3 Å².